The number of nitrogens with zero attached hydrogens (tertiary/aromatic N) is 1. The van der Waals surface area contributed by atoms with Crippen LogP contribution in [-0.2, 0) is 6.54 Å². The lowest BCUT2D eigenvalue weighted by molar-refractivity contribution is 0.0748. The number of hydrogen-bond acceptors (Lipinski definition) is 1. The number of amides is 1. The summed E-state index contributed by atoms with van der Waals surface area (Å²) >= 11 is 5.95. The Balaban J connectivity index is 2.22. The van der Waals surface area contributed by atoms with Crippen molar-refractivity contribution in [3.8, 4) is 0 Å². The Kier molecular flexibility index (Phi) is 4.97. The van der Waals surface area contributed by atoms with Gasteiger partial charge in [0.15, 0.2) is 0 Å². The Hall–Kier alpha value is -1.87. The predicted octanol–water partition coefficient (Wildman–Crippen LogP) is 4.45. The van der Waals surface area contributed by atoms with Gasteiger partial charge in [-0.25, -0.2) is 4.39 Å². The molecule has 0 spiro atoms. The molecule has 0 radical (unpaired) electrons. The van der Waals surface area contributed by atoms with E-state index < -0.39 is 5.82 Å². The van der Waals surface area contributed by atoms with E-state index in [9.17, 15) is 9.18 Å². The standard InChI is InChI=1S/C17H17ClFNO/c1-3-20(11-13-5-4-6-14(18)10-13)17(21)15-8-7-12(2)9-16(15)19/h4-10H,3,11H2,1-2H3. The second-order valence-electron chi connectivity index (χ2n) is 4.93. The molecule has 21 heavy (non-hydrogen) atoms. The molecule has 0 bridgehead atoms. The van der Waals surface area contributed by atoms with Crippen LogP contribution in [-0.4, -0.2) is 17.4 Å². The van der Waals surface area contributed by atoms with Crippen LogP contribution in [0.3, 0.4) is 0 Å². The quantitative estimate of drug-likeness (QED) is 0.817. The summed E-state index contributed by atoms with van der Waals surface area (Å²) in [4.78, 5) is 14.0. The molecule has 0 fully saturated rings. The zero-order valence-electron chi connectivity index (χ0n) is 12.1. The molecule has 110 valence electrons. The molecule has 0 saturated carbocycles. The van der Waals surface area contributed by atoms with Crippen LogP contribution < -0.4 is 0 Å². The minimum Gasteiger partial charge on any atom is -0.335 e. The number of hydrogen-bond donors (Lipinski definition) is 0. The summed E-state index contributed by atoms with van der Waals surface area (Å²) in [6.45, 7) is 4.57. The van der Waals surface area contributed by atoms with Crippen LogP contribution in [0.5, 0.6) is 0 Å². The molecular weight excluding hydrogens is 289 g/mol. The summed E-state index contributed by atoms with van der Waals surface area (Å²) in [5.41, 5.74) is 1.82. The van der Waals surface area contributed by atoms with Crippen molar-refractivity contribution in [1.29, 1.82) is 0 Å². The molecule has 0 saturated heterocycles. The molecular formula is C17H17ClFNO. The van der Waals surface area contributed by atoms with E-state index in [1.54, 1.807) is 24.0 Å². The van der Waals surface area contributed by atoms with Gasteiger partial charge >= 0.3 is 0 Å². The summed E-state index contributed by atoms with van der Waals surface area (Å²) in [7, 11) is 0. The number of halogens is 2. The van der Waals surface area contributed by atoms with Crippen molar-refractivity contribution in [2.45, 2.75) is 20.4 Å². The highest BCUT2D eigenvalue weighted by atomic mass is 35.5. The van der Waals surface area contributed by atoms with E-state index >= 15 is 0 Å². The zero-order valence-corrected chi connectivity index (χ0v) is 12.8. The molecule has 0 aliphatic carbocycles. The molecule has 0 N–H and O–H groups in total. The summed E-state index contributed by atoms with van der Waals surface area (Å²) in [6.07, 6.45) is 0. The number of carbonyl (C=O) groups is 1. The first-order valence-corrected chi connectivity index (χ1v) is 7.19. The molecule has 2 nitrogen and oxygen atoms in total. The Morgan fingerprint density at radius 1 is 1.24 bits per heavy atom. The maximum Gasteiger partial charge on any atom is 0.257 e. The van der Waals surface area contributed by atoms with Crippen LogP contribution in [0, 0.1) is 12.7 Å². The van der Waals surface area contributed by atoms with Gasteiger partial charge in [-0.2, -0.15) is 0 Å². The van der Waals surface area contributed by atoms with E-state index in [2.05, 4.69) is 0 Å². The molecule has 2 rings (SSSR count). The van der Waals surface area contributed by atoms with Crippen molar-refractivity contribution in [1.82, 2.24) is 4.90 Å². The average molecular weight is 306 g/mol. The van der Waals surface area contributed by atoms with Crippen LogP contribution in [0.2, 0.25) is 5.02 Å². The third-order valence-corrected chi connectivity index (χ3v) is 3.52. The first-order valence-electron chi connectivity index (χ1n) is 6.81. The summed E-state index contributed by atoms with van der Waals surface area (Å²) in [5, 5.41) is 0.623. The van der Waals surface area contributed by atoms with Gasteiger partial charge in [0, 0.05) is 18.1 Å². The predicted molar refractivity (Wildman–Crippen MR) is 83.0 cm³/mol. The minimum atomic E-state index is -0.482. The fourth-order valence-corrected chi connectivity index (χ4v) is 2.36. The molecule has 0 unspecified atom stereocenters. The number of benzene rings is 2. The Labute approximate surface area is 129 Å². The van der Waals surface area contributed by atoms with Crippen molar-refractivity contribution < 1.29 is 9.18 Å². The third kappa shape index (κ3) is 3.82. The molecule has 0 atom stereocenters. The van der Waals surface area contributed by atoms with Crippen molar-refractivity contribution in [2.75, 3.05) is 6.54 Å². The Morgan fingerprint density at radius 2 is 2.00 bits per heavy atom. The zero-order chi connectivity index (χ0) is 15.4. The maximum absolute atomic E-state index is 13.9. The second-order valence-corrected chi connectivity index (χ2v) is 5.37. The molecule has 2 aromatic carbocycles. The molecule has 0 heterocycles. The highest BCUT2D eigenvalue weighted by Crippen LogP contribution is 2.16. The van der Waals surface area contributed by atoms with E-state index in [-0.39, 0.29) is 11.5 Å². The molecule has 4 heteroatoms. The summed E-state index contributed by atoms with van der Waals surface area (Å²) < 4.78 is 13.9. The highest BCUT2D eigenvalue weighted by Gasteiger charge is 2.18. The number of carbonyl (C=O) groups excluding carboxylic acids is 1. The van der Waals surface area contributed by atoms with Crippen LogP contribution in [0.4, 0.5) is 4.39 Å². The van der Waals surface area contributed by atoms with E-state index in [0.29, 0.717) is 18.1 Å². The Bertz CT molecular complexity index is 657. The van der Waals surface area contributed by atoms with E-state index in [1.165, 1.54) is 12.1 Å². The second kappa shape index (κ2) is 6.72. The fourth-order valence-electron chi connectivity index (χ4n) is 2.15. The maximum atomic E-state index is 13.9. The highest BCUT2D eigenvalue weighted by molar-refractivity contribution is 6.30. The molecule has 2 aromatic rings. The van der Waals surface area contributed by atoms with Crippen LogP contribution >= 0.6 is 11.6 Å². The third-order valence-electron chi connectivity index (χ3n) is 3.29. The van der Waals surface area contributed by atoms with Gasteiger partial charge in [0.05, 0.1) is 5.56 Å². The molecule has 0 aliphatic rings. The number of rotatable bonds is 4. The molecule has 0 aromatic heterocycles. The van der Waals surface area contributed by atoms with E-state index in [0.717, 1.165) is 11.1 Å². The monoisotopic (exact) mass is 305 g/mol. The fraction of sp³-hybridized carbons (Fsp3) is 0.235. The molecule has 1 amide bonds. The van der Waals surface area contributed by atoms with Crippen molar-refractivity contribution in [3.63, 3.8) is 0 Å². The van der Waals surface area contributed by atoms with Crippen molar-refractivity contribution in [3.05, 3.63) is 70.0 Å². The van der Waals surface area contributed by atoms with Crippen LogP contribution in [0.15, 0.2) is 42.5 Å². The average Bonchev–Trinajstić information content (AvgIpc) is 2.44. The largest absolute Gasteiger partial charge is 0.335 e. The Morgan fingerprint density at radius 3 is 2.62 bits per heavy atom. The van der Waals surface area contributed by atoms with Gasteiger partial charge in [-0.05, 0) is 49.2 Å². The van der Waals surface area contributed by atoms with Crippen LogP contribution in [0.25, 0.3) is 0 Å². The smallest absolute Gasteiger partial charge is 0.257 e. The van der Waals surface area contributed by atoms with Gasteiger partial charge in [-0.3, -0.25) is 4.79 Å². The van der Waals surface area contributed by atoms with Gasteiger partial charge in [-0.15, -0.1) is 0 Å². The van der Waals surface area contributed by atoms with Gasteiger partial charge < -0.3 is 4.90 Å². The lowest BCUT2D eigenvalue weighted by Gasteiger charge is -2.21. The summed E-state index contributed by atoms with van der Waals surface area (Å²) in [6, 6.07) is 12.0. The lowest BCUT2D eigenvalue weighted by atomic mass is 10.1. The van der Waals surface area contributed by atoms with E-state index in [4.69, 9.17) is 11.6 Å². The molecule has 0 aliphatic heterocycles. The summed E-state index contributed by atoms with van der Waals surface area (Å²) in [5.74, 6) is -0.792. The van der Waals surface area contributed by atoms with Gasteiger partial charge in [0.25, 0.3) is 5.91 Å². The van der Waals surface area contributed by atoms with Gasteiger partial charge in [0.1, 0.15) is 5.82 Å². The van der Waals surface area contributed by atoms with E-state index in [1.807, 2.05) is 25.1 Å². The lowest BCUT2D eigenvalue weighted by Crippen LogP contribution is -2.31. The van der Waals surface area contributed by atoms with Gasteiger partial charge in [0.2, 0.25) is 0 Å². The number of aryl methyl sites for hydroxylation is 1. The SMILES string of the molecule is CCN(Cc1cccc(Cl)c1)C(=O)c1ccc(C)cc1F. The van der Waals surface area contributed by atoms with Gasteiger partial charge in [-0.1, -0.05) is 29.8 Å². The normalized spacial score (nSPS) is 10.5. The topological polar surface area (TPSA) is 20.3 Å². The minimum absolute atomic E-state index is 0.101. The first-order chi connectivity index (χ1) is 10.0. The van der Waals surface area contributed by atoms with Crippen molar-refractivity contribution in [2.24, 2.45) is 0 Å². The first kappa shape index (κ1) is 15.5. The van der Waals surface area contributed by atoms with Crippen molar-refractivity contribution >= 4 is 17.5 Å². The van der Waals surface area contributed by atoms with Crippen LogP contribution in [0.1, 0.15) is 28.4 Å².